The molecule has 40 heavy (non-hydrogen) atoms. The van der Waals surface area contributed by atoms with Gasteiger partial charge in [-0.15, -0.1) is 11.3 Å². The third-order valence-corrected chi connectivity index (χ3v) is 7.22. The molecule has 0 saturated heterocycles. The van der Waals surface area contributed by atoms with Crippen LogP contribution in [-0.2, 0) is 6.18 Å². The van der Waals surface area contributed by atoms with Crippen molar-refractivity contribution in [2.75, 3.05) is 28.6 Å². The molecule has 9 nitrogen and oxygen atoms in total. The summed E-state index contributed by atoms with van der Waals surface area (Å²) in [5, 5.41) is 7.64. The van der Waals surface area contributed by atoms with Gasteiger partial charge in [0.1, 0.15) is 22.3 Å². The summed E-state index contributed by atoms with van der Waals surface area (Å²) in [7, 11) is 0. The average Bonchev–Trinajstić information content (AvgIpc) is 3.58. The molecule has 1 aromatic carbocycles. The van der Waals surface area contributed by atoms with Gasteiger partial charge in [0.25, 0.3) is 5.91 Å². The smallest absolute Gasteiger partial charge is 0.321 e. The van der Waals surface area contributed by atoms with E-state index in [1.54, 1.807) is 24.5 Å². The van der Waals surface area contributed by atoms with Crippen LogP contribution < -0.4 is 15.5 Å². The van der Waals surface area contributed by atoms with E-state index in [4.69, 9.17) is 9.98 Å². The number of aromatic nitrogens is 4. The molecule has 202 valence electrons. The van der Waals surface area contributed by atoms with Crippen LogP contribution in [0.15, 0.2) is 53.9 Å². The largest absolute Gasteiger partial charge is 0.416 e. The summed E-state index contributed by atoms with van der Waals surface area (Å²) in [4.78, 5) is 36.8. The molecule has 0 radical (unpaired) electrons. The first kappa shape index (κ1) is 25.6. The van der Waals surface area contributed by atoms with E-state index in [2.05, 4.69) is 25.6 Å². The molecular weight excluding hydrogens is 541 g/mol. The highest BCUT2D eigenvalue weighted by Gasteiger charge is 2.32. The number of amides is 1. The van der Waals surface area contributed by atoms with Gasteiger partial charge in [-0.1, -0.05) is 6.07 Å². The van der Waals surface area contributed by atoms with Gasteiger partial charge in [0.2, 0.25) is 5.95 Å². The average molecular weight is 563 g/mol. The third-order valence-electron chi connectivity index (χ3n) is 6.39. The van der Waals surface area contributed by atoms with E-state index in [-0.39, 0.29) is 5.69 Å². The zero-order valence-corrected chi connectivity index (χ0v) is 22.1. The van der Waals surface area contributed by atoms with Gasteiger partial charge in [0.15, 0.2) is 0 Å². The summed E-state index contributed by atoms with van der Waals surface area (Å²) in [5.41, 5.74) is 2.53. The number of hydrogen-bond acceptors (Lipinski definition) is 9. The number of hydrogen-bond donors (Lipinski definition) is 2. The van der Waals surface area contributed by atoms with Gasteiger partial charge in [-0.05, 0) is 55.3 Å². The molecular formula is C27H21F3N8OS. The zero-order chi connectivity index (χ0) is 28.0. The summed E-state index contributed by atoms with van der Waals surface area (Å²) in [6, 6.07) is 6.86. The number of rotatable bonds is 5. The molecule has 5 heterocycles. The minimum absolute atomic E-state index is 0.329. The summed E-state index contributed by atoms with van der Waals surface area (Å²) in [6.07, 6.45) is 1.83. The number of alkyl halides is 3. The lowest BCUT2D eigenvalue weighted by atomic mass is 9.94. The lowest BCUT2D eigenvalue weighted by molar-refractivity contribution is -0.137. The van der Waals surface area contributed by atoms with E-state index < -0.39 is 17.6 Å². The fraction of sp³-hybridized carbons (Fsp3) is 0.185. The molecule has 1 amide bonds. The number of nitrogens with zero attached hydrogens (tertiary/aromatic N) is 6. The predicted octanol–water partition coefficient (Wildman–Crippen LogP) is 5.73. The second-order valence-corrected chi connectivity index (χ2v) is 10.4. The number of pyridine rings is 1. The Morgan fingerprint density at radius 2 is 1.93 bits per heavy atom. The van der Waals surface area contributed by atoms with Gasteiger partial charge in [0, 0.05) is 35.8 Å². The summed E-state index contributed by atoms with van der Waals surface area (Å²) in [6.45, 7) is 5.09. The van der Waals surface area contributed by atoms with Gasteiger partial charge in [-0.2, -0.15) is 18.2 Å². The molecule has 0 saturated carbocycles. The van der Waals surface area contributed by atoms with Crippen molar-refractivity contribution in [3.05, 3.63) is 81.9 Å². The number of aliphatic imine (C=N–C) groups is 1. The molecule has 0 fully saturated rings. The minimum Gasteiger partial charge on any atom is -0.321 e. The van der Waals surface area contributed by atoms with Gasteiger partial charge in [0.05, 0.1) is 23.3 Å². The molecule has 4 aromatic rings. The van der Waals surface area contributed by atoms with Crippen LogP contribution in [0, 0.1) is 13.8 Å². The Morgan fingerprint density at radius 3 is 2.70 bits per heavy atom. The van der Waals surface area contributed by atoms with E-state index in [0.29, 0.717) is 24.7 Å². The molecule has 0 aliphatic carbocycles. The number of aryl methyl sites for hydroxylation is 2. The Bertz CT molecular complexity index is 1710. The molecule has 2 N–H and O–H groups in total. The van der Waals surface area contributed by atoms with Crippen molar-refractivity contribution < 1.29 is 18.0 Å². The maximum atomic E-state index is 13.1. The van der Waals surface area contributed by atoms with Crippen LogP contribution >= 0.6 is 11.3 Å². The predicted molar refractivity (Wildman–Crippen MR) is 148 cm³/mol. The number of thiazole rings is 1. The maximum Gasteiger partial charge on any atom is 0.416 e. The van der Waals surface area contributed by atoms with Gasteiger partial charge >= 0.3 is 6.18 Å². The van der Waals surface area contributed by atoms with Crippen molar-refractivity contribution in [3.63, 3.8) is 0 Å². The van der Waals surface area contributed by atoms with Crippen LogP contribution in [0.1, 0.15) is 37.7 Å². The molecule has 6 rings (SSSR count). The van der Waals surface area contributed by atoms with Crippen molar-refractivity contribution in [1.82, 2.24) is 19.9 Å². The number of nitrogens with one attached hydrogen (secondary N) is 2. The zero-order valence-electron chi connectivity index (χ0n) is 21.2. The number of benzene rings is 1. The molecule has 2 aliphatic heterocycles. The van der Waals surface area contributed by atoms with E-state index in [1.165, 1.54) is 11.3 Å². The molecule has 3 aromatic heterocycles. The van der Waals surface area contributed by atoms with Crippen LogP contribution in [0.3, 0.4) is 0 Å². The number of halogens is 3. The molecule has 0 unspecified atom stereocenters. The van der Waals surface area contributed by atoms with Crippen LogP contribution in [0.25, 0.3) is 11.6 Å². The fourth-order valence-electron chi connectivity index (χ4n) is 4.51. The lowest BCUT2D eigenvalue weighted by Gasteiger charge is -2.28. The maximum absolute atomic E-state index is 13.1. The van der Waals surface area contributed by atoms with Crippen molar-refractivity contribution in [2.24, 2.45) is 4.99 Å². The molecule has 0 bridgehead atoms. The first-order valence-corrected chi connectivity index (χ1v) is 13.0. The molecule has 0 spiro atoms. The highest BCUT2D eigenvalue weighted by Crippen LogP contribution is 2.37. The van der Waals surface area contributed by atoms with Gasteiger partial charge < -0.3 is 15.5 Å². The monoisotopic (exact) mass is 562 g/mol. The van der Waals surface area contributed by atoms with E-state index in [1.807, 2.05) is 30.9 Å². The van der Waals surface area contributed by atoms with Crippen molar-refractivity contribution in [2.45, 2.75) is 20.0 Å². The lowest BCUT2D eigenvalue weighted by Crippen LogP contribution is -2.32. The number of carbonyl (C=O) groups excluding carboxylic acids is 1. The van der Waals surface area contributed by atoms with Crippen molar-refractivity contribution in [1.29, 1.82) is 0 Å². The van der Waals surface area contributed by atoms with E-state index in [0.717, 1.165) is 62.3 Å². The molecule has 0 atom stereocenters. The highest BCUT2D eigenvalue weighted by molar-refractivity contribution is 7.15. The number of amidine groups is 1. The van der Waals surface area contributed by atoms with Gasteiger partial charge in [-0.3, -0.25) is 14.8 Å². The summed E-state index contributed by atoms with van der Waals surface area (Å²) in [5.74, 6) is 1.19. The first-order valence-electron chi connectivity index (χ1n) is 12.2. The standard InChI is InChI=1S/C27H21F3N8OS/c1-14-3-4-18(35-25(39)21-10-17(5-6-31-21)27(28,29)30)11-19(14)20-9-16-12-34-26(36-22-13-33-15(2)40-22)37-23(16)38-8-7-32-24(20)38/h3-6,9-13H,7-8H2,1-2H3,(H,35,39)(H,34,36,37). The van der Waals surface area contributed by atoms with Crippen LogP contribution in [0.5, 0.6) is 0 Å². The van der Waals surface area contributed by atoms with Crippen molar-refractivity contribution >= 4 is 57.2 Å². The fourth-order valence-corrected chi connectivity index (χ4v) is 5.18. The number of anilines is 4. The number of carbonyl (C=O) groups is 1. The summed E-state index contributed by atoms with van der Waals surface area (Å²) >= 11 is 1.51. The van der Waals surface area contributed by atoms with Crippen molar-refractivity contribution in [3.8, 4) is 0 Å². The third kappa shape index (κ3) is 4.91. The van der Waals surface area contributed by atoms with Crippen LogP contribution in [0.4, 0.5) is 35.6 Å². The Balaban J connectivity index is 1.31. The number of fused-ring (bicyclic) bond motifs is 3. The Morgan fingerprint density at radius 1 is 1.07 bits per heavy atom. The van der Waals surface area contributed by atoms with E-state index >= 15 is 0 Å². The minimum atomic E-state index is -4.58. The van der Waals surface area contributed by atoms with Crippen LogP contribution in [-0.4, -0.2) is 44.8 Å². The van der Waals surface area contributed by atoms with Gasteiger partial charge in [-0.25, -0.2) is 9.97 Å². The first-order chi connectivity index (χ1) is 19.2. The highest BCUT2D eigenvalue weighted by atomic mass is 32.1. The quantitative estimate of drug-likeness (QED) is 0.320. The second kappa shape index (κ2) is 9.83. The normalized spacial score (nSPS) is 14.3. The topological polar surface area (TPSA) is 108 Å². The Hall–Kier alpha value is -4.65. The molecule has 2 aliphatic rings. The van der Waals surface area contributed by atoms with E-state index in [9.17, 15) is 18.0 Å². The molecule has 13 heteroatoms. The SMILES string of the molecule is Cc1ncc(Nc2ncc3c(n2)N2CCN=C2C(c2cc(NC(=O)c4cc(C(F)(F)F)ccn4)ccc2C)=C3)s1. The summed E-state index contributed by atoms with van der Waals surface area (Å²) < 4.78 is 39.3. The van der Waals surface area contributed by atoms with Crippen LogP contribution in [0.2, 0.25) is 0 Å². The Kier molecular flexibility index (Phi) is 6.29. The Labute approximate surface area is 230 Å². The second-order valence-electron chi connectivity index (χ2n) is 9.17.